The maximum atomic E-state index is 10.3. The van der Waals surface area contributed by atoms with Gasteiger partial charge in [0.15, 0.2) is 0 Å². The van der Waals surface area contributed by atoms with Crippen molar-refractivity contribution in [3.8, 4) is 0 Å². The quantitative estimate of drug-likeness (QED) is 0.465. The maximum Gasteiger partial charge on any atom is 0.404 e. The van der Waals surface area contributed by atoms with Gasteiger partial charge in [-0.15, -0.1) is 0 Å². The average molecular weight is 175 g/mol. The van der Waals surface area contributed by atoms with Gasteiger partial charge in [-0.05, 0) is 19.3 Å². The maximum absolute atomic E-state index is 10.3. The van der Waals surface area contributed by atoms with Gasteiger partial charge in [0, 0.05) is 6.61 Å². The van der Waals surface area contributed by atoms with Crippen LogP contribution < -0.4 is 5.32 Å². The van der Waals surface area contributed by atoms with Gasteiger partial charge in [-0.2, -0.15) is 0 Å². The molecule has 0 aromatic carbocycles. The lowest BCUT2D eigenvalue weighted by Gasteiger charge is -2.21. The second-order valence-corrected chi connectivity index (χ2v) is 3.12. The Hall–Kier alpha value is -0.810. The first-order valence-corrected chi connectivity index (χ1v) is 3.91. The second kappa shape index (κ2) is 3.28. The van der Waals surface area contributed by atoms with Gasteiger partial charge >= 0.3 is 6.09 Å². The third kappa shape index (κ3) is 2.09. The van der Waals surface area contributed by atoms with Gasteiger partial charge in [0.1, 0.15) is 0 Å². The average Bonchev–Trinajstić information content (AvgIpc) is 2.68. The molecule has 5 nitrogen and oxygen atoms in total. The predicted octanol–water partition coefficient (Wildman–Crippen LogP) is -0.470. The van der Waals surface area contributed by atoms with Gasteiger partial charge in [0.05, 0.1) is 11.6 Å². The summed E-state index contributed by atoms with van der Waals surface area (Å²) in [6.07, 6.45) is 0.326. The number of amides is 1. The second-order valence-electron chi connectivity index (χ2n) is 3.12. The molecule has 1 rings (SSSR count). The Morgan fingerprint density at radius 1 is 1.58 bits per heavy atom. The van der Waals surface area contributed by atoms with Crippen molar-refractivity contribution in [1.82, 2.24) is 5.32 Å². The highest BCUT2D eigenvalue weighted by molar-refractivity contribution is 5.65. The number of hydrogen-bond donors (Lipinski definition) is 4. The molecule has 1 saturated carbocycles. The predicted molar refractivity (Wildman–Crippen MR) is 40.8 cm³/mol. The monoisotopic (exact) mass is 175 g/mol. The fourth-order valence-corrected chi connectivity index (χ4v) is 1.23. The first kappa shape index (κ1) is 9.28. The van der Waals surface area contributed by atoms with Crippen LogP contribution in [0.4, 0.5) is 4.79 Å². The first-order chi connectivity index (χ1) is 5.58. The van der Waals surface area contributed by atoms with Gasteiger partial charge in [-0.1, -0.05) is 0 Å². The van der Waals surface area contributed by atoms with E-state index in [2.05, 4.69) is 5.32 Å². The van der Waals surface area contributed by atoms with Crippen LogP contribution in [0.15, 0.2) is 0 Å². The standard InChI is InChI=1S/C7H13NO4/c9-4-1-5(8-6(10)11)7(12)2-3-7/h5,8-9,12H,1-4H2,(H,10,11). The van der Waals surface area contributed by atoms with E-state index in [1.807, 2.05) is 0 Å². The molecular formula is C7H13NO4. The summed E-state index contributed by atoms with van der Waals surface area (Å²) < 4.78 is 0. The number of rotatable bonds is 4. The molecule has 0 saturated heterocycles. The molecule has 0 radical (unpaired) electrons. The Balaban J connectivity index is 2.43. The van der Waals surface area contributed by atoms with Crippen molar-refractivity contribution >= 4 is 6.09 Å². The number of carboxylic acid groups (broad SMARTS) is 1. The summed E-state index contributed by atoms with van der Waals surface area (Å²) in [5.74, 6) is 0. The molecule has 0 heterocycles. The summed E-state index contributed by atoms with van der Waals surface area (Å²) >= 11 is 0. The number of nitrogens with one attached hydrogen (secondary N) is 1. The van der Waals surface area contributed by atoms with Gasteiger partial charge in [0.2, 0.25) is 0 Å². The molecule has 0 spiro atoms. The van der Waals surface area contributed by atoms with Crippen molar-refractivity contribution in [3.63, 3.8) is 0 Å². The summed E-state index contributed by atoms with van der Waals surface area (Å²) in [5, 5.41) is 28.7. The number of carbonyl (C=O) groups is 1. The molecular weight excluding hydrogens is 162 g/mol. The molecule has 1 aliphatic rings. The van der Waals surface area contributed by atoms with E-state index in [-0.39, 0.29) is 13.0 Å². The zero-order chi connectivity index (χ0) is 9.19. The van der Waals surface area contributed by atoms with Crippen LogP contribution in [0.1, 0.15) is 19.3 Å². The molecule has 1 aliphatic carbocycles. The Kier molecular flexibility index (Phi) is 2.54. The highest BCUT2D eigenvalue weighted by Gasteiger charge is 2.48. The summed E-state index contributed by atoms with van der Waals surface area (Å²) in [6, 6.07) is -0.528. The van der Waals surface area contributed by atoms with Crippen LogP contribution in [-0.4, -0.2) is 39.7 Å². The minimum atomic E-state index is -1.16. The van der Waals surface area contributed by atoms with E-state index in [1.165, 1.54) is 0 Å². The van der Waals surface area contributed by atoms with Crippen LogP contribution >= 0.6 is 0 Å². The fourth-order valence-electron chi connectivity index (χ4n) is 1.23. The van der Waals surface area contributed by atoms with Crippen molar-refractivity contribution in [2.24, 2.45) is 0 Å². The van der Waals surface area contributed by atoms with Crippen molar-refractivity contribution in [1.29, 1.82) is 0 Å². The molecule has 0 aromatic heterocycles. The summed E-state index contributed by atoms with van der Waals surface area (Å²) in [4.78, 5) is 10.3. The van der Waals surface area contributed by atoms with Gasteiger partial charge < -0.3 is 20.6 Å². The van der Waals surface area contributed by atoms with Gasteiger partial charge in [-0.25, -0.2) is 4.79 Å². The lowest BCUT2D eigenvalue weighted by Crippen LogP contribution is -2.44. The third-order valence-electron chi connectivity index (χ3n) is 2.13. The van der Waals surface area contributed by atoms with Crippen LogP contribution in [0.25, 0.3) is 0 Å². The number of aliphatic hydroxyl groups is 2. The molecule has 5 heteroatoms. The zero-order valence-corrected chi connectivity index (χ0v) is 6.66. The summed E-state index contributed by atoms with van der Waals surface area (Å²) in [6.45, 7) is -0.118. The largest absolute Gasteiger partial charge is 0.465 e. The van der Waals surface area contributed by atoms with Crippen LogP contribution in [0.2, 0.25) is 0 Å². The molecule has 1 unspecified atom stereocenters. The van der Waals surface area contributed by atoms with E-state index in [1.54, 1.807) is 0 Å². The fraction of sp³-hybridized carbons (Fsp3) is 0.857. The first-order valence-electron chi connectivity index (χ1n) is 3.91. The Morgan fingerprint density at radius 3 is 2.50 bits per heavy atom. The Bertz CT molecular complexity index is 178. The van der Waals surface area contributed by atoms with E-state index in [4.69, 9.17) is 10.2 Å². The Labute approximate surface area is 70.0 Å². The molecule has 0 bridgehead atoms. The zero-order valence-electron chi connectivity index (χ0n) is 6.66. The molecule has 0 aromatic rings. The minimum Gasteiger partial charge on any atom is -0.465 e. The van der Waals surface area contributed by atoms with E-state index >= 15 is 0 Å². The number of aliphatic hydroxyl groups excluding tert-OH is 1. The Morgan fingerprint density at radius 2 is 2.17 bits per heavy atom. The smallest absolute Gasteiger partial charge is 0.404 e. The summed E-state index contributed by atoms with van der Waals surface area (Å²) in [7, 11) is 0. The van der Waals surface area contributed by atoms with E-state index in [9.17, 15) is 9.90 Å². The minimum absolute atomic E-state index is 0.118. The SMILES string of the molecule is O=C(O)NC(CCO)C1(O)CC1. The topological polar surface area (TPSA) is 89.8 Å². The van der Waals surface area contributed by atoms with E-state index in [0.717, 1.165) is 0 Å². The number of hydrogen-bond acceptors (Lipinski definition) is 3. The lowest BCUT2D eigenvalue weighted by atomic mass is 10.1. The van der Waals surface area contributed by atoms with Gasteiger partial charge in [-0.3, -0.25) is 0 Å². The highest BCUT2D eigenvalue weighted by Crippen LogP contribution is 2.39. The van der Waals surface area contributed by atoms with Crippen LogP contribution in [-0.2, 0) is 0 Å². The highest BCUT2D eigenvalue weighted by atomic mass is 16.4. The van der Waals surface area contributed by atoms with Crippen LogP contribution in [0, 0.1) is 0 Å². The third-order valence-corrected chi connectivity index (χ3v) is 2.13. The van der Waals surface area contributed by atoms with Gasteiger partial charge in [0.25, 0.3) is 0 Å². The molecule has 1 amide bonds. The van der Waals surface area contributed by atoms with Crippen molar-refractivity contribution in [3.05, 3.63) is 0 Å². The van der Waals surface area contributed by atoms with Crippen LogP contribution in [0.3, 0.4) is 0 Å². The molecule has 70 valence electrons. The van der Waals surface area contributed by atoms with Crippen molar-refractivity contribution < 1.29 is 20.1 Å². The van der Waals surface area contributed by atoms with Crippen molar-refractivity contribution in [2.45, 2.75) is 30.9 Å². The molecule has 1 atom stereocenters. The van der Waals surface area contributed by atoms with E-state index in [0.29, 0.717) is 12.8 Å². The normalized spacial score (nSPS) is 21.5. The van der Waals surface area contributed by atoms with Crippen LogP contribution in [0.5, 0.6) is 0 Å². The molecule has 12 heavy (non-hydrogen) atoms. The lowest BCUT2D eigenvalue weighted by molar-refractivity contribution is 0.0847. The van der Waals surface area contributed by atoms with E-state index < -0.39 is 17.7 Å². The molecule has 0 aliphatic heterocycles. The molecule has 4 N–H and O–H groups in total. The molecule has 1 fully saturated rings. The van der Waals surface area contributed by atoms with Crippen molar-refractivity contribution in [2.75, 3.05) is 6.61 Å². The summed E-state index contributed by atoms with van der Waals surface area (Å²) in [5.41, 5.74) is -0.902.